The highest BCUT2D eigenvalue weighted by molar-refractivity contribution is 7.88. The molecule has 1 N–H and O–H groups in total. The molecule has 4 heterocycles. The lowest BCUT2D eigenvalue weighted by atomic mass is 9.87. The van der Waals surface area contributed by atoms with Crippen LogP contribution in [0.4, 0.5) is 0 Å². The first-order valence-corrected chi connectivity index (χ1v) is 14.7. The van der Waals surface area contributed by atoms with Crippen LogP contribution in [0.5, 0.6) is 5.75 Å². The minimum absolute atomic E-state index is 0.0316. The molecule has 3 unspecified atom stereocenters. The second-order valence-electron chi connectivity index (χ2n) is 10.6. The fraction of sp³-hybridized carbons (Fsp3) is 0.379. The van der Waals surface area contributed by atoms with Crippen molar-refractivity contribution < 1.29 is 23.1 Å². The zero-order valence-electron chi connectivity index (χ0n) is 22.0. The maximum absolute atomic E-state index is 14.1. The second kappa shape index (κ2) is 10.9. The molecule has 1 amide bonds. The summed E-state index contributed by atoms with van der Waals surface area (Å²) in [4.78, 5) is 37.3. The summed E-state index contributed by atoms with van der Waals surface area (Å²) in [6.45, 7) is 4.11. The van der Waals surface area contributed by atoms with E-state index in [2.05, 4.69) is 23.8 Å². The molecule has 9 nitrogen and oxygen atoms in total. The van der Waals surface area contributed by atoms with E-state index in [1.165, 1.54) is 22.6 Å². The summed E-state index contributed by atoms with van der Waals surface area (Å²) >= 11 is 0. The van der Waals surface area contributed by atoms with Gasteiger partial charge < -0.3 is 10.0 Å². The largest absolute Gasteiger partial charge is 0.506 e. The van der Waals surface area contributed by atoms with Crippen molar-refractivity contribution in [3.63, 3.8) is 0 Å². The predicted octanol–water partition coefficient (Wildman–Crippen LogP) is 3.36. The molecule has 2 saturated heterocycles. The first-order chi connectivity index (χ1) is 18.7. The molecule has 3 aromatic rings. The standard InChI is InChI=1S/C29H32N4O5S/c1-19(2)15-22(20-7-5-8-21(16-20)23-9-3-4-12-30-23)29(36)32-14-11-25-28(32)27(35)17-33(25)39(37,38)18-24-26(34)10-6-13-31-24/h3-10,12-13,16,19,22,25,28,34H,11,14-15,17-18H2,1-2H3. The van der Waals surface area contributed by atoms with Crippen molar-refractivity contribution in [2.45, 2.75) is 50.4 Å². The van der Waals surface area contributed by atoms with Crippen LogP contribution in [0.3, 0.4) is 0 Å². The van der Waals surface area contributed by atoms with E-state index in [1.54, 1.807) is 11.1 Å². The smallest absolute Gasteiger partial charge is 0.230 e. The Morgan fingerprint density at radius 3 is 2.59 bits per heavy atom. The molecule has 1 aromatic carbocycles. The number of benzene rings is 1. The molecule has 2 aliphatic rings. The van der Waals surface area contributed by atoms with Gasteiger partial charge in [0.2, 0.25) is 15.9 Å². The van der Waals surface area contributed by atoms with E-state index in [0.717, 1.165) is 16.8 Å². The molecule has 5 rings (SSSR count). The lowest BCUT2D eigenvalue weighted by Gasteiger charge is -2.29. The molecule has 0 aliphatic carbocycles. The number of hydrogen-bond donors (Lipinski definition) is 1. The van der Waals surface area contributed by atoms with Crippen LogP contribution in [0.1, 0.15) is 43.9 Å². The number of ketones is 1. The SMILES string of the molecule is CC(C)CC(C(=O)N1CCC2C1C(=O)CN2S(=O)(=O)Cc1ncccc1O)c1cccc(-c2ccccn2)c1. The fourth-order valence-corrected chi connectivity index (χ4v) is 7.37. The van der Waals surface area contributed by atoms with E-state index >= 15 is 0 Å². The summed E-state index contributed by atoms with van der Waals surface area (Å²) in [6, 6.07) is 14.9. The fourth-order valence-electron chi connectivity index (χ4n) is 5.68. The zero-order chi connectivity index (χ0) is 27.7. The Morgan fingerprint density at radius 2 is 1.87 bits per heavy atom. The number of likely N-dealkylation sites (tertiary alicyclic amines) is 1. The maximum atomic E-state index is 14.1. The number of amides is 1. The third-order valence-corrected chi connectivity index (χ3v) is 9.21. The monoisotopic (exact) mass is 548 g/mol. The highest BCUT2D eigenvalue weighted by Gasteiger charge is 2.54. The molecular weight excluding hydrogens is 516 g/mol. The van der Waals surface area contributed by atoms with E-state index in [-0.39, 0.29) is 35.6 Å². The molecular formula is C29H32N4O5S. The van der Waals surface area contributed by atoms with Crippen LogP contribution in [0.2, 0.25) is 0 Å². The van der Waals surface area contributed by atoms with Crippen LogP contribution >= 0.6 is 0 Å². The molecule has 0 radical (unpaired) electrons. The van der Waals surface area contributed by atoms with Gasteiger partial charge in [-0.2, -0.15) is 4.31 Å². The molecule has 2 aromatic heterocycles. The van der Waals surface area contributed by atoms with Crippen LogP contribution < -0.4 is 0 Å². The van der Waals surface area contributed by atoms with Crippen molar-refractivity contribution in [2.75, 3.05) is 13.1 Å². The van der Waals surface area contributed by atoms with E-state index in [9.17, 15) is 23.1 Å². The van der Waals surface area contributed by atoms with Gasteiger partial charge in [0.25, 0.3) is 0 Å². The van der Waals surface area contributed by atoms with Gasteiger partial charge in [0.15, 0.2) is 5.78 Å². The normalized spacial score (nSPS) is 20.4. The number of fused-ring (bicyclic) bond motifs is 1. The van der Waals surface area contributed by atoms with Gasteiger partial charge in [0.1, 0.15) is 17.5 Å². The number of sulfonamides is 1. The third-order valence-electron chi connectivity index (χ3n) is 7.46. The molecule has 3 atom stereocenters. The van der Waals surface area contributed by atoms with Crippen molar-refractivity contribution in [3.8, 4) is 17.0 Å². The van der Waals surface area contributed by atoms with E-state index in [0.29, 0.717) is 19.4 Å². The lowest BCUT2D eigenvalue weighted by Crippen LogP contribution is -2.45. The first-order valence-electron chi connectivity index (χ1n) is 13.1. The number of Topliss-reactive ketones (excluding diaryl/α,β-unsaturated/α-hetero) is 1. The quantitative estimate of drug-likeness (QED) is 0.458. The van der Waals surface area contributed by atoms with Gasteiger partial charge in [-0.3, -0.25) is 19.6 Å². The predicted molar refractivity (Wildman–Crippen MR) is 146 cm³/mol. The maximum Gasteiger partial charge on any atom is 0.230 e. The van der Waals surface area contributed by atoms with Crippen molar-refractivity contribution in [1.29, 1.82) is 0 Å². The Balaban J connectivity index is 1.40. The van der Waals surface area contributed by atoms with Crippen LogP contribution in [0.25, 0.3) is 11.3 Å². The van der Waals surface area contributed by atoms with Gasteiger partial charge in [-0.05, 0) is 54.7 Å². The van der Waals surface area contributed by atoms with E-state index in [4.69, 9.17) is 0 Å². The molecule has 10 heteroatoms. The molecule has 0 spiro atoms. The van der Waals surface area contributed by atoms with Crippen molar-refractivity contribution in [1.82, 2.24) is 19.2 Å². The highest BCUT2D eigenvalue weighted by atomic mass is 32.2. The molecule has 2 aliphatic heterocycles. The number of aromatic nitrogens is 2. The highest BCUT2D eigenvalue weighted by Crippen LogP contribution is 2.37. The Kier molecular flexibility index (Phi) is 7.51. The average Bonchev–Trinajstić information content (AvgIpc) is 3.50. The number of carbonyl (C=O) groups is 2. The van der Waals surface area contributed by atoms with Gasteiger partial charge >= 0.3 is 0 Å². The summed E-state index contributed by atoms with van der Waals surface area (Å²) in [7, 11) is -3.95. The minimum atomic E-state index is -3.95. The van der Waals surface area contributed by atoms with Crippen molar-refractivity contribution in [3.05, 3.63) is 78.2 Å². The van der Waals surface area contributed by atoms with Gasteiger partial charge in [-0.25, -0.2) is 8.42 Å². The number of hydrogen-bond acceptors (Lipinski definition) is 7. The molecule has 0 bridgehead atoms. The van der Waals surface area contributed by atoms with Crippen molar-refractivity contribution in [2.24, 2.45) is 5.92 Å². The Labute approximate surface area is 228 Å². The van der Waals surface area contributed by atoms with Crippen LogP contribution in [0.15, 0.2) is 67.0 Å². The number of nitrogens with zero attached hydrogens (tertiary/aromatic N) is 4. The first kappa shape index (κ1) is 27.0. The van der Waals surface area contributed by atoms with E-state index < -0.39 is 33.8 Å². The molecule has 39 heavy (non-hydrogen) atoms. The average molecular weight is 549 g/mol. The number of pyridine rings is 2. The van der Waals surface area contributed by atoms with Crippen LogP contribution in [0, 0.1) is 5.92 Å². The minimum Gasteiger partial charge on any atom is -0.506 e. The lowest BCUT2D eigenvalue weighted by molar-refractivity contribution is -0.138. The number of aromatic hydroxyl groups is 1. The molecule has 2 fully saturated rings. The van der Waals surface area contributed by atoms with Gasteiger partial charge in [-0.15, -0.1) is 0 Å². The topological polar surface area (TPSA) is 121 Å². The van der Waals surface area contributed by atoms with Gasteiger partial charge in [-0.1, -0.05) is 38.1 Å². The summed E-state index contributed by atoms with van der Waals surface area (Å²) in [5, 5.41) is 10.0. The molecule has 204 valence electrons. The Hall–Kier alpha value is -3.63. The van der Waals surface area contributed by atoms with Crippen molar-refractivity contribution >= 4 is 21.7 Å². The van der Waals surface area contributed by atoms with E-state index in [1.807, 2.05) is 42.5 Å². The van der Waals surface area contributed by atoms with Crippen LogP contribution in [-0.4, -0.2) is 69.6 Å². The van der Waals surface area contributed by atoms with Gasteiger partial charge in [0, 0.05) is 24.5 Å². The third kappa shape index (κ3) is 5.44. The van der Waals surface area contributed by atoms with Crippen LogP contribution in [-0.2, 0) is 25.4 Å². The number of carbonyl (C=O) groups excluding carboxylic acids is 2. The summed E-state index contributed by atoms with van der Waals surface area (Å²) in [5.74, 6) is -1.43. The summed E-state index contributed by atoms with van der Waals surface area (Å²) in [6.07, 6.45) is 4.10. The summed E-state index contributed by atoms with van der Waals surface area (Å²) < 4.78 is 27.8. The molecule has 0 saturated carbocycles. The zero-order valence-corrected chi connectivity index (χ0v) is 22.8. The Bertz CT molecular complexity index is 1480. The summed E-state index contributed by atoms with van der Waals surface area (Å²) in [5.41, 5.74) is 2.59. The second-order valence-corrected chi connectivity index (χ2v) is 12.5. The number of rotatable bonds is 8. The van der Waals surface area contributed by atoms with Gasteiger partial charge in [0.05, 0.1) is 29.9 Å². The Morgan fingerprint density at radius 1 is 1.08 bits per heavy atom.